The maximum absolute atomic E-state index is 12.4. The lowest BCUT2D eigenvalue weighted by molar-refractivity contribution is -0.219. The number of fused-ring (bicyclic) bond motifs is 3. The number of ether oxygens (including phenoxy) is 3. The largest absolute Gasteiger partial charge is 0.469 e. The number of methoxy groups -OCH3 is 2. The van der Waals surface area contributed by atoms with Gasteiger partial charge in [0.05, 0.1) is 12.5 Å². The van der Waals surface area contributed by atoms with E-state index in [1.54, 1.807) is 13.2 Å². The summed E-state index contributed by atoms with van der Waals surface area (Å²) in [6.07, 6.45) is 5.62. The molecule has 0 N–H and O–H groups in total. The van der Waals surface area contributed by atoms with Crippen molar-refractivity contribution in [2.24, 2.45) is 16.7 Å². The number of hydrogen-bond acceptors (Lipinski definition) is 5. The highest BCUT2D eigenvalue weighted by atomic mass is 16.7. The van der Waals surface area contributed by atoms with Crippen molar-refractivity contribution in [2.75, 3.05) is 14.2 Å². The first kappa shape index (κ1) is 15.5. The number of carbonyl (C=O) groups is 2. The van der Waals surface area contributed by atoms with E-state index >= 15 is 0 Å². The van der Waals surface area contributed by atoms with Gasteiger partial charge in [-0.1, -0.05) is 13.3 Å². The van der Waals surface area contributed by atoms with Crippen LogP contribution in [0.4, 0.5) is 0 Å². The standard InChI is InChI=1S/C17H24O5/c1-15-7-5-8-16(2,14(19)20-3)11(15)6-9-17(21-4)12(15)10-13(18)22-17/h10-11H,5-9H2,1-4H3. The van der Waals surface area contributed by atoms with Crippen molar-refractivity contribution in [2.45, 2.75) is 51.7 Å². The summed E-state index contributed by atoms with van der Waals surface area (Å²) in [6.45, 7) is 4.14. The van der Waals surface area contributed by atoms with Crippen LogP contribution in [0.3, 0.4) is 0 Å². The Hall–Kier alpha value is -1.36. The number of rotatable bonds is 2. The molecule has 2 aliphatic carbocycles. The minimum absolute atomic E-state index is 0.130. The van der Waals surface area contributed by atoms with Gasteiger partial charge in [-0.25, -0.2) is 4.79 Å². The first-order valence-electron chi connectivity index (χ1n) is 7.91. The summed E-state index contributed by atoms with van der Waals surface area (Å²) in [5.74, 6) is -1.30. The molecule has 0 radical (unpaired) electrons. The molecule has 4 atom stereocenters. The van der Waals surface area contributed by atoms with Crippen LogP contribution in [-0.2, 0) is 23.8 Å². The monoisotopic (exact) mass is 308 g/mol. The maximum atomic E-state index is 12.4. The minimum Gasteiger partial charge on any atom is -0.469 e. The molecular formula is C17H24O5. The van der Waals surface area contributed by atoms with Gasteiger partial charge in [0.15, 0.2) is 0 Å². The molecular weight excluding hydrogens is 284 g/mol. The fraction of sp³-hybridized carbons (Fsp3) is 0.765. The molecule has 0 aromatic heterocycles. The Morgan fingerprint density at radius 1 is 1.27 bits per heavy atom. The van der Waals surface area contributed by atoms with Crippen LogP contribution in [0.15, 0.2) is 11.6 Å². The predicted octanol–water partition coefficient (Wildman–Crippen LogP) is 2.59. The lowest BCUT2D eigenvalue weighted by Crippen LogP contribution is -2.56. The van der Waals surface area contributed by atoms with Crippen molar-refractivity contribution >= 4 is 11.9 Å². The van der Waals surface area contributed by atoms with Gasteiger partial charge in [-0.3, -0.25) is 4.79 Å². The number of hydrogen-bond donors (Lipinski definition) is 0. The normalized spacial score (nSPS) is 43.7. The molecule has 2 fully saturated rings. The van der Waals surface area contributed by atoms with Crippen LogP contribution in [0.1, 0.15) is 46.0 Å². The molecule has 0 aromatic carbocycles. The van der Waals surface area contributed by atoms with Gasteiger partial charge in [0, 0.05) is 25.2 Å². The third kappa shape index (κ3) is 1.81. The van der Waals surface area contributed by atoms with Crippen molar-refractivity contribution < 1.29 is 23.8 Å². The van der Waals surface area contributed by atoms with Crippen LogP contribution >= 0.6 is 0 Å². The van der Waals surface area contributed by atoms with Crippen LogP contribution in [-0.4, -0.2) is 31.9 Å². The molecule has 0 spiro atoms. The van der Waals surface area contributed by atoms with Crippen molar-refractivity contribution in [1.29, 1.82) is 0 Å². The lowest BCUT2D eigenvalue weighted by atomic mass is 9.48. The molecule has 4 unspecified atom stereocenters. The van der Waals surface area contributed by atoms with Gasteiger partial charge >= 0.3 is 11.9 Å². The smallest absolute Gasteiger partial charge is 0.333 e. The fourth-order valence-electron chi connectivity index (χ4n) is 5.16. The Morgan fingerprint density at radius 2 is 2.00 bits per heavy atom. The van der Waals surface area contributed by atoms with E-state index in [0.29, 0.717) is 6.42 Å². The molecule has 3 rings (SSSR count). The van der Waals surface area contributed by atoms with E-state index in [0.717, 1.165) is 31.3 Å². The highest BCUT2D eigenvalue weighted by molar-refractivity contribution is 5.87. The van der Waals surface area contributed by atoms with E-state index in [-0.39, 0.29) is 23.3 Å². The van der Waals surface area contributed by atoms with E-state index in [4.69, 9.17) is 14.2 Å². The van der Waals surface area contributed by atoms with E-state index in [9.17, 15) is 9.59 Å². The third-order valence-corrected chi connectivity index (χ3v) is 6.23. The van der Waals surface area contributed by atoms with Crippen molar-refractivity contribution in [1.82, 2.24) is 0 Å². The Kier molecular flexibility index (Phi) is 3.40. The van der Waals surface area contributed by atoms with Gasteiger partial charge in [-0.2, -0.15) is 0 Å². The van der Waals surface area contributed by atoms with E-state index < -0.39 is 11.2 Å². The Morgan fingerprint density at radius 3 is 2.64 bits per heavy atom. The number of carbonyl (C=O) groups excluding carboxylic acids is 2. The SMILES string of the molecule is COC(=O)C1(C)CCCC2(C)C3=CC(=O)OC3(OC)CCC12. The van der Waals surface area contributed by atoms with Crippen molar-refractivity contribution in [3.63, 3.8) is 0 Å². The molecule has 1 aliphatic heterocycles. The van der Waals surface area contributed by atoms with Gasteiger partial charge in [0.2, 0.25) is 5.79 Å². The van der Waals surface area contributed by atoms with Gasteiger partial charge < -0.3 is 14.2 Å². The van der Waals surface area contributed by atoms with Gasteiger partial charge in [-0.15, -0.1) is 0 Å². The fourth-order valence-corrected chi connectivity index (χ4v) is 5.16. The molecule has 2 saturated carbocycles. The van der Waals surface area contributed by atoms with Crippen LogP contribution in [0.2, 0.25) is 0 Å². The zero-order valence-electron chi connectivity index (χ0n) is 13.7. The lowest BCUT2D eigenvalue weighted by Gasteiger charge is -2.56. The van der Waals surface area contributed by atoms with Gasteiger partial charge in [0.25, 0.3) is 0 Å². The highest BCUT2D eigenvalue weighted by Gasteiger charge is 2.64. The average Bonchev–Trinajstić information content (AvgIpc) is 2.84. The quantitative estimate of drug-likeness (QED) is 0.734. The first-order valence-corrected chi connectivity index (χ1v) is 7.91. The van der Waals surface area contributed by atoms with E-state index in [2.05, 4.69) is 6.92 Å². The summed E-state index contributed by atoms with van der Waals surface area (Å²) in [5.41, 5.74) is 0.106. The molecule has 0 saturated heterocycles. The van der Waals surface area contributed by atoms with Crippen molar-refractivity contribution in [3.05, 3.63) is 11.6 Å². The first-order chi connectivity index (χ1) is 10.3. The molecule has 22 heavy (non-hydrogen) atoms. The molecule has 1 heterocycles. The van der Waals surface area contributed by atoms with Gasteiger partial charge in [-0.05, 0) is 37.5 Å². The average molecular weight is 308 g/mol. The summed E-state index contributed by atoms with van der Waals surface area (Å²) in [4.78, 5) is 24.3. The Balaban J connectivity index is 2.07. The summed E-state index contributed by atoms with van der Waals surface area (Å²) in [6, 6.07) is 0. The second-order valence-electron chi connectivity index (χ2n) is 7.21. The van der Waals surface area contributed by atoms with E-state index in [1.807, 2.05) is 6.92 Å². The Bertz CT molecular complexity index is 553. The van der Waals surface area contributed by atoms with Crippen molar-refractivity contribution in [3.8, 4) is 0 Å². The molecule has 0 aromatic rings. The summed E-state index contributed by atoms with van der Waals surface area (Å²) < 4.78 is 16.2. The zero-order chi connectivity index (χ0) is 16.2. The molecule has 5 nitrogen and oxygen atoms in total. The third-order valence-electron chi connectivity index (χ3n) is 6.23. The van der Waals surface area contributed by atoms with Crippen LogP contribution in [0.5, 0.6) is 0 Å². The molecule has 0 bridgehead atoms. The molecule has 5 heteroatoms. The predicted molar refractivity (Wildman–Crippen MR) is 78.7 cm³/mol. The molecule has 3 aliphatic rings. The summed E-state index contributed by atoms with van der Waals surface area (Å²) >= 11 is 0. The topological polar surface area (TPSA) is 61.8 Å². The second kappa shape index (κ2) is 4.82. The van der Waals surface area contributed by atoms with E-state index in [1.165, 1.54) is 7.11 Å². The van der Waals surface area contributed by atoms with Crippen LogP contribution in [0.25, 0.3) is 0 Å². The zero-order valence-corrected chi connectivity index (χ0v) is 13.7. The molecule has 122 valence electrons. The molecule has 0 amide bonds. The minimum atomic E-state index is -0.934. The van der Waals surface area contributed by atoms with Crippen LogP contribution in [0, 0.1) is 16.7 Å². The number of esters is 2. The Labute approximate surface area is 131 Å². The van der Waals surface area contributed by atoms with Crippen LogP contribution < -0.4 is 0 Å². The summed E-state index contributed by atoms with van der Waals surface area (Å²) in [5, 5.41) is 0. The summed E-state index contributed by atoms with van der Waals surface area (Å²) in [7, 11) is 3.03. The highest BCUT2D eigenvalue weighted by Crippen LogP contribution is 2.64. The second-order valence-corrected chi connectivity index (χ2v) is 7.21. The maximum Gasteiger partial charge on any atom is 0.333 e. The van der Waals surface area contributed by atoms with Gasteiger partial charge in [0.1, 0.15) is 0 Å².